The first-order valence-corrected chi connectivity index (χ1v) is 18.8. The summed E-state index contributed by atoms with van der Waals surface area (Å²) in [6.07, 6.45) is 7.40. The highest BCUT2D eigenvalue weighted by atomic mass is 35.5. The first-order chi connectivity index (χ1) is 24.7. The molecule has 3 aliphatic carbocycles. The van der Waals surface area contributed by atoms with Crippen LogP contribution in [0.2, 0.25) is 5.15 Å². The number of rotatable bonds is 3. The number of nitrogens with zero attached hydrogens (tertiary/aromatic N) is 6. The van der Waals surface area contributed by atoms with Gasteiger partial charge >= 0.3 is 0 Å². The number of benzene rings is 1. The van der Waals surface area contributed by atoms with Crippen molar-refractivity contribution < 1.29 is 14.0 Å². The second kappa shape index (κ2) is 11.6. The van der Waals surface area contributed by atoms with Crippen LogP contribution in [0.5, 0.6) is 0 Å². The number of nitrogens with one attached hydrogen (secondary N) is 1. The van der Waals surface area contributed by atoms with Crippen LogP contribution in [-0.2, 0) is 13.0 Å². The second-order valence-electron chi connectivity index (χ2n) is 15.6. The molecule has 6 atom stereocenters. The topological polar surface area (TPSA) is 124 Å². The quantitative estimate of drug-likeness (QED) is 0.204. The van der Waals surface area contributed by atoms with E-state index in [1.54, 1.807) is 18.2 Å². The van der Waals surface area contributed by atoms with Crippen molar-refractivity contribution in [1.82, 2.24) is 34.3 Å². The van der Waals surface area contributed by atoms with Gasteiger partial charge in [-0.15, -0.1) is 0 Å². The van der Waals surface area contributed by atoms with Crippen molar-refractivity contribution in [2.75, 3.05) is 6.54 Å². The number of nitrogens with two attached hydrogens (primary N) is 1. The van der Waals surface area contributed by atoms with E-state index in [1.165, 1.54) is 6.07 Å². The highest BCUT2D eigenvalue weighted by Crippen LogP contribution is 2.47. The Morgan fingerprint density at radius 3 is 2.63 bits per heavy atom. The lowest BCUT2D eigenvalue weighted by molar-refractivity contribution is 0.0603. The number of aryl methyl sites for hydroxylation is 1. The molecule has 5 aromatic rings. The highest BCUT2D eigenvalue weighted by Gasteiger charge is 2.42. The van der Waals surface area contributed by atoms with Crippen LogP contribution in [0.4, 0.5) is 4.39 Å². The van der Waals surface area contributed by atoms with Crippen molar-refractivity contribution in [2.24, 2.45) is 23.5 Å². The summed E-state index contributed by atoms with van der Waals surface area (Å²) in [5.74, 6) is 1.24. The van der Waals surface area contributed by atoms with Gasteiger partial charge in [-0.2, -0.15) is 0 Å². The van der Waals surface area contributed by atoms with Crippen LogP contribution >= 0.6 is 11.6 Å². The van der Waals surface area contributed by atoms with Gasteiger partial charge in [-0.25, -0.2) is 19.3 Å². The third-order valence-electron chi connectivity index (χ3n) is 12.3. The Labute approximate surface area is 299 Å². The highest BCUT2D eigenvalue weighted by molar-refractivity contribution is 6.29. The Bertz CT molecular complexity index is 2280. The lowest BCUT2D eigenvalue weighted by atomic mass is 9.94. The van der Waals surface area contributed by atoms with Gasteiger partial charge in [0.1, 0.15) is 22.1 Å². The summed E-state index contributed by atoms with van der Waals surface area (Å²) in [6, 6.07) is 12.6. The zero-order chi connectivity index (χ0) is 34.7. The van der Waals surface area contributed by atoms with Gasteiger partial charge in [0.25, 0.3) is 11.8 Å². The number of imidazole rings is 1. The van der Waals surface area contributed by atoms with E-state index >= 15 is 4.39 Å². The summed E-state index contributed by atoms with van der Waals surface area (Å²) in [5, 5.41) is 4.47. The van der Waals surface area contributed by atoms with Crippen molar-refractivity contribution in [3.8, 4) is 11.5 Å². The molecule has 5 aliphatic rings. The van der Waals surface area contributed by atoms with E-state index < -0.39 is 5.82 Å². The molecule has 10 nitrogen and oxygen atoms in total. The number of pyridine rings is 2. The van der Waals surface area contributed by atoms with Crippen molar-refractivity contribution >= 4 is 45.5 Å². The van der Waals surface area contributed by atoms with Crippen molar-refractivity contribution in [3.05, 3.63) is 75.9 Å². The van der Waals surface area contributed by atoms with Gasteiger partial charge in [0.15, 0.2) is 5.82 Å². The number of hydrogen-bond acceptors (Lipinski definition) is 6. The standard InChI is InChI=1S/C39H40ClFN8O2/c1-19-30-9-4-22-16-33(48(36(22)45-30)17-24-12-20(24)3-10-31-27(38(50)43-19)8-11-34(40)44-31)37-46-32-15-23(14-28(41)35(32)49(37)25-6-7-25)39(51)47-18-29(42)21-2-5-26(47)13-21/h4,8-9,11,14-16,19-21,24-26,29H,2-3,5-7,10,12-13,17-18,42H2,1H3,(H,43,50)/t19-,20-,21-,24-,26+,29+/m1/s1. The fourth-order valence-corrected chi connectivity index (χ4v) is 9.36. The Morgan fingerprint density at radius 1 is 0.941 bits per heavy atom. The third kappa shape index (κ3) is 5.26. The van der Waals surface area contributed by atoms with Gasteiger partial charge in [-0.3, -0.25) is 9.59 Å². The molecule has 262 valence electrons. The number of aromatic nitrogens is 5. The van der Waals surface area contributed by atoms with Crippen LogP contribution in [0.25, 0.3) is 33.6 Å². The van der Waals surface area contributed by atoms with Crippen LogP contribution in [-0.4, -0.2) is 59.4 Å². The number of amides is 2. The van der Waals surface area contributed by atoms with E-state index in [-0.39, 0.29) is 36.0 Å². The molecule has 3 saturated carbocycles. The molecule has 4 fully saturated rings. The summed E-state index contributed by atoms with van der Waals surface area (Å²) < 4.78 is 20.6. The van der Waals surface area contributed by atoms with E-state index in [9.17, 15) is 9.59 Å². The predicted molar refractivity (Wildman–Crippen MR) is 192 cm³/mol. The average molecular weight is 707 g/mol. The monoisotopic (exact) mass is 706 g/mol. The first-order valence-electron chi connectivity index (χ1n) is 18.4. The van der Waals surface area contributed by atoms with Crippen LogP contribution < -0.4 is 11.1 Å². The van der Waals surface area contributed by atoms with Crippen LogP contribution in [0.1, 0.15) is 96.1 Å². The summed E-state index contributed by atoms with van der Waals surface area (Å²) in [7, 11) is 0. The Morgan fingerprint density at radius 2 is 1.78 bits per heavy atom. The fourth-order valence-electron chi connectivity index (χ4n) is 9.20. The molecule has 0 spiro atoms. The number of fused-ring (bicyclic) bond motifs is 6. The van der Waals surface area contributed by atoms with Crippen LogP contribution in [0.15, 0.2) is 42.5 Å². The molecule has 2 amide bonds. The molecule has 0 unspecified atom stereocenters. The molecule has 1 saturated heterocycles. The van der Waals surface area contributed by atoms with E-state index in [4.69, 9.17) is 27.3 Å². The smallest absolute Gasteiger partial charge is 0.254 e. The molecule has 4 aromatic heterocycles. The van der Waals surface area contributed by atoms with E-state index in [2.05, 4.69) is 25.5 Å². The summed E-state index contributed by atoms with van der Waals surface area (Å²) in [4.78, 5) is 44.0. The number of carbonyl (C=O) groups is 2. The number of hydrogen-bond donors (Lipinski definition) is 2. The molecule has 12 heteroatoms. The molecule has 6 heterocycles. The maximum Gasteiger partial charge on any atom is 0.254 e. The molecule has 4 bridgehead atoms. The van der Waals surface area contributed by atoms with Gasteiger partial charge in [0.2, 0.25) is 0 Å². The Balaban J connectivity index is 1.07. The summed E-state index contributed by atoms with van der Waals surface area (Å²) >= 11 is 6.27. The van der Waals surface area contributed by atoms with E-state index in [1.807, 2.05) is 24.0 Å². The van der Waals surface area contributed by atoms with E-state index in [0.29, 0.717) is 69.6 Å². The molecular weight excluding hydrogens is 667 g/mol. The number of piperidine rings is 1. The number of likely N-dealkylation sites (tertiary alicyclic amines) is 1. The molecule has 3 N–H and O–H groups in total. The molecule has 1 aromatic carbocycles. The molecular formula is C39H40ClFN8O2. The predicted octanol–water partition coefficient (Wildman–Crippen LogP) is 6.60. The van der Waals surface area contributed by atoms with Gasteiger partial charge in [-0.1, -0.05) is 11.6 Å². The summed E-state index contributed by atoms with van der Waals surface area (Å²) in [6.45, 7) is 3.18. The maximum absolute atomic E-state index is 16.3. The lowest BCUT2D eigenvalue weighted by Crippen LogP contribution is -2.51. The minimum absolute atomic E-state index is 0.0443. The van der Waals surface area contributed by atoms with E-state index in [0.717, 1.165) is 73.9 Å². The van der Waals surface area contributed by atoms with Gasteiger partial charge in [0.05, 0.1) is 34.2 Å². The number of halogens is 2. The largest absolute Gasteiger partial charge is 0.344 e. The van der Waals surface area contributed by atoms with Gasteiger partial charge < -0.3 is 25.1 Å². The average Bonchev–Trinajstić information content (AvgIpc) is 3.97. The molecule has 10 rings (SSSR count). The zero-order valence-corrected chi connectivity index (χ0v) is 29.2. The normalized spacial score (nSPS) is 27.4. The zero-order valence-electron chi connectivity index (χ0n) is 28.5. The Kier molecular flexibility index (Phi) is 7.13. The van der Waals surface area contributed by atoms with Crippen LogP contribution in [0.3, 0.4) is 0 Å². The van der Waals surface area contributed by atoms with Crippen molar-refractivity contribution in [1.29, 1.82) is 0 Å². The fraction of sp³-hybridized carbons (Fsp3) is 0.462. The molecule has 51 heavy (non-hydrogen) atoms. The minimum atomic E-state index is -0.426. The Hall–Kier alpha value is -4.35. The van der Waals surface area contributed by atoms with Crippen molar-refractivity contribution in [2.45, 2.75) is 89.0 Å². The van der Waals surface area contributed by atoms with Crippen LogP contribution in [0, 0.1) is 23.6 Å². The van der Waals surface area contributed by atoms with Crippen molar-refractivity contribution in [3.63, 3.8) is 0 Å². The SMILES string of the molecule is C[C@H]1NC(=O)c2ccc(Cl)nc2CC[C@@H]2C[C@@H]2Cn2c(-c3nc4cc(C(=O)N5C[C@H](N)[C@@H]6CC[C@H]5C6)cc(F)c4n3C3CC3)cc3ccc1nc32. The van der Waals surface area contributed by atoms with Gasteiger partial charge in [0, 0.05) is 42.2 Å². The second-order valence-corrected chi connectivity index (χ2v) is 16.0. The third-order valence-corrected chi connectivity index (χ3v) is 12.5. The number of carbonyl (C=O) groups excluding carboxylic acids is 2. The first kappa shape index (κ1) is 31.4. The van der Waals surface area contributed by atoms with Gasteiger partial charge in [-0.05, 0) is 119 Å². The summed E-state index contributed by atoms with van der Waals surface area (Å²) in [5.41, 5.74) is 11.4. The lowest BCUT2D eigenvalue weighted by Gasteiger charge is -2.37. The maximum atomic E-state index is 16.3. The minimum Gasteiger partial charge on any atom is -0.344 e. The molecule has 0 radical (unpaired) electrons. The molecule has 2 aliphatic heterocycles.